The van der Waals surface area contributed by atoms with E-state index in [0.717, 1.165) is 30.4 Å². The molecule has 46 heavy (non-hydrogen) atoms. The largest absolute Gasteiger partial charge is 2.00 e. The van der Waals surface area contributed by atoms with Crippen LogP contribution in [0.5, 0.6) is 0 Å². The molecule has 0 radical (unpaired) electrons. The summed E-state index contributed by atoms with van der Waals surface area (Å²) in [5, 5.41) is 5.32. The van der Waals surface area contributed by atoms with E-state index in [1.165, 1.54) is 35.1 Å². The fraction of sp³-hybridized carbons (Fsp3) is 0.667. The Balaban J connectivity index is 0.00000111. The zero-order valence-corrected chi connectivity index (χ0v) is 36.3. The van der Waals surface area contributed by atoms with Gasteiger partial charge in [-0.1, -0.05) is 174 Å². The molecule has 4 nitrogen and oxygen atoms in total. The molecule has 2 aromatic carbocycles. The zero-order valence-electron chi connectivity index (χ0n) is 32.6. The second-order valence-electron chi connectivity index (χ2n) is 16.8. The summed E-state index contributed by atoms with van der Waals surface area (Å²) in [6.07, 6.45) is 2.56. The number of rotatable bonds is 8. The molecule has 0 N–H and O–H groups in total. The molecule has 268 valence electrons. The molecule has 0 saturated carbocycles. The minimum atomic E-state index is -1.11. The molecule has 0 aliphatic carbocycles. The number of aliphatic imine (C=N–C) groups is 1. The van der Waals surface area contributed by atoms with Crippen molar-refractivity contribution in [2.75, 3.05) is 13.2 Å². The minimum Gasteiger partial charge on any atom is -0.668 e. The van der Waals surface area contributed by atoms with Crippen LogP contribution in [0.3, 0.4) is 0 Å². The van der Waals surface area contributed by atoms with Crippen LogP contribution in [-0.4, -0.2) is 35.5 Å². The van der Waals surface area contributed by atoms with E-state index in [1.807, 2.05) is 0 Å². The first-order valence-electron chi connectivity index (χ1n) is 17.4. The Labute approximate surface area is 326 Å². The average Bonchev–Trinajstić information content (AvgIpc) is 3.46. The average molecular weight is 825 g/mol. The standard InChI is InChI=1S/C29H43N2.C6H18NSi2.C4H8O.Yb/c1-18(2)22-14-12-15-23(19(3)4)26(22)30-28(29(9,10)11)31-27-24(20(5)6)16-13-17-25(27)21(7)8;1-8(2,3)7-9(4,5)6;1-2-4-5-3-1;/h12-21H,1-11H3;1-6H3;1-4H2;/q2*-1;;+2. The molecule has 0 bridgehead atoms. The Morgan fingerprint density at radius 1 is 0.652 bits per heavy atom. The molecular weight excluding hydrogens is 756 g/mol. The maximum Gasteiger partial charge on any atom is 2.00 e. The third-order valence-corrected chi connectivity index (χ3v) is 12.7. The maximum absolute atomic E-state index is 5.32. The first kappa shape index (κ1) is 45.8. The molecule has 0 spiro atoms. The van der Waals surface area contributed by atoms with E-state index in [2.05, 4.69) is 152 Å². The van der Waals surface area contributed by atoms with Gasteiger partial charge in [-0.3, -0.25) is 0 Å². The molecule has 1 heterocycles. The molecule has 1 aliphatic heterocycles. The summed E-state index contributed by atoms with van der Waals surface area (Å²) in [7, 11) is -2.21. The molecule has 1 fully saturated rings. The van der Waals surface area contributed by atoms with Gasteiger partial charge in [-0.25, -0.2) is 0 Å². The van der Waals surface area contributed by atoms with E-state index in [4.69, 9.17) is 19.7 Å². The van der Waals surface area contributed by atoms with Gasteiger partial charge in [0.25, 0.3) is 0 Å². The van der Waals surface area contributed by atoms with Crippen molar-refractivity contribution in [3.05, 3.63) is 68.6 Å². The van der Waals surface area contributed by atoms with Gasteiger partial charge >= 0.3 is 46.9 Å². The molecule has 0 aromatic heterocycles. The van der Waals surface area contributed by atoms with E-state index in [9.17, 15) is 0 Å². The van der Waals surface area contributed by atoms with Crippen LogP contribution >= 0.6 is 0 Å². The van der Waals surface area contributed by atoms with Crippen molar-refractivity contribution in [2.24, 2.45) is 10.4 Å². The van der Waals surface area contributed by atoms with Gasteiger partial charge in [-0.15, -0.1) is 0 Å². The maximum atomic E-state index is 5.32. The van der Waals surface area contributed by atoms with Crippen molar-refractivity contribution in [2.45, 2.75) is 152 Å². The van der Waals surface area contributed by atoms with E-state index < -0.39 is 16.5 Å². The first-order valence-corrected chi connectivity index (χ1v) is 24.3. The molecule has 0 amide bonds. The second kappa shape index (κ2) is 20.5. The smallest absolute Gasteiger partial charge is 0.668 e. The van der Waals surface area contributed by atoms with Crippen molar-refractivity contribution >= 4 is 33.7 Å². The van der Waals surface area contributed by atoms with Crippen molar-refractivity contribution < 1.29 is 51.7 Å². The van der Waals surface area contributed by atoms with Crippen molar-refractivity contribution in [3.63, 3.8) is 0 Å². The second-order valence-corrected chi connectivity index (χ2v) is 26.3. The van der Waals surface area contributed by atoms with Gasteiger partial charge in [0.05, 0.1) is 0 Å². The topological polar surface area (TPSA) is 49.8 Å². The summed E-state index contributed by atoms with van der Waals surface area (Å²) in [6, 6.07) is 13.2. The fourth-order valence-corrected chi connectivity index (χ4v) is 13.4. The molecular formula is C39H69N3OSi2Yb. The fourth-order valence-electron chi connectivity index (χ4n) is 5.37. The Bertz CT molecular complexity index is 1130. The van der Waals surface area contributed by atoms with Crippen LogP contribution < -0.4 is 0 Å². The molecule has 0 unspecified atom stereocenters. The monoisotopic (exact) mass is 825 g/mol. The number of para-hydroxylation sites is 2. The summed E-state index contributed by atoms with van der Waals surface area (Å²) in [5.41, 5.74) is 7.22. The van der Waals surface area contributed by atoms with Crippen LogP contribution in [0.1, 0.15) is 135 Å². The predicted octanol–water partition coefficient (Wildman–Crippen LogP) is 13.8. The van der Waals surface area contributed by atoms with Gasteiger partial charge in [0.15, 0.2) is 0 Å². The number of hydrogen-bond donors (Lipinski definition) is 0. The Morgan fingerprint density at radius 3 is 1.24 bits per heavy atom. The molecule has 7 heteroatoms. The van der Waals surface area contributed by atoms with Crippen LogP contribution in [0.4, 0.5) is 11.4 Å². The number of ether oxygens (including phenoxy) is 1. The van der Waals surface area contributed by atoms with Gasteiger partial charge in [-0.2, -0.15) is 0 Å². The molecule has 0 atom stereocenters. The third kappa shape index (κ3) is 16.9. The van der Waals surface area contributed by atoms with Crippen LogP contribution in [-0.2, 0) is 4.74 Å². The Morgan fingerprint density at radius 2 is 1.00 bits per heavy atom. The normalized spacial score (nSPS) is 14.2. The van der Waals surface area contributed by atoms with Crippen LogP contribution in [0.2, 0.25) is 39.3 Å². The molecule has 1 aliphatic rings. The van der Waals surface area contributed by atoms with Gasteiger partial charge in [-0.05, 0) is 75.6 Å². The van der Waals surface area contributed by atoms with Crippen LogP contribution in [0.15, 0.2) is 41.4 Å². The van der Waals surface area contributed by atoms with Crippen molar-refractivity contribution in [3.8, 4) is 0 Å². The minimum absolute atomic E-state index is 0. The van der Waals surface area contributed by atoms with Gasteiger partial charge in [0, 0.05) is 13.2 Å². The number of amidine groups is 1. The third-order valence-electron chi connectivity index (χ3n) is 7.29. The van der Waals surface area contributed by atoms with E-state index in [1.54, 1.807) is 0 Å². The molecule has 3 rings (SSSR count). The van der Waals surface area contributed by atoms with E-state index in [-0.39, 0.29) is 52.3 Å². The Kier molecular flexibility index (Phi) is 20.4. The van der Waals surface area contributed by atoms with Crippen LogP contribution in [0, 0.1) is 52.3 Å². The summed E-state index contributed by atoms with van der Waals surface area (Å²) in [5.74, 6) is 2.54. The number of nitrogens with zero attached hydrogens (tertiary/aromatic N) is 3. The van der Waals surface area contributed by atoms with Gasteiger partial charge in [0.2, 0.25) is 0 Å². The predicted molar refractivity (Wildman–Crippen MR) is 209 cm³/mol. The first-order chi connectivity index (χ1) is 20.5. The zero-order chi connectivity index (χ0) is 34.8. The van der Waals surface area contributed by atoms with E-state index >= 15 is 0 Å². The van der Waals surface area contributed by atoms with Crippen LogP contribution in [0.25, 0.3) is 9.96 Å². The summed E-state index contributed by atoms with van der Waals surface area (Å²) < 4.78 is 9.76. The quantitative estimate of drug-likeness (QED) is 0.149. The van der Waals surface area contributed by atoms with Gasteiger partial charge < -0.3 is 19.7 Å². The number of hydrogen-bond acceptors (Lipinski definition) is 2. The SMILES string of the molecule is C1CCOC1.CC(C)c1cccc(C(C)C)c1N=C([N-]c1c(C(C)C)cccc1C(C)C)C(C)(C)C.C[Si](C)(C)[N-][Si](C)(C)C.[Yb+2]. The molecule has 2 aromatic rings. The van der Waals surface area contributed by atoms with E-state index in [0.29, 0.717) is 23.7 Å². The molecule has 1 saturated heterocycles. The van der Waals surface area contributed by atoms with Crippen molar-refractivity contribution in [1.82, 2.24) is 0 Å². The van der Waals surface area contributed by atoms with Crippen molar-refractivity contribution in [1.29, 1.82) is 0 Å². The Hall–Kier alpha value is -0.217. The number of benzene rings is 2. The summed E-state index contributed by atoms with van der Waals surface area (Å²) in [6.45, 7) is 40.4. The summed E-state index contributed by atoms with van der Waals surface area (Å²) in [4.78, 5) is 5.32. The van der Waals surface area contributed by atoms with Gasteiger partial charge in [0.1, 0.15) is 0 Å². The summed E-state index contributed by atoms with van der Waals surface area (Å²) >= 11 is 0.